The molecule has 0 atom stereocenters. The van der Waals surface area contributed by atoms with Gasteiger partial charge in [-0.2, -0.15) is 5.21 Å². The molecular formula is C11H19N7O. The van der Waals surface area contributed by atoms with Crippen LogP contribution < -0.4 is 11.1 Å². The lowest BCUT2D eigenvalue weighted by Gasteiger charge is -2.12. The molecule has 1 amide bonds. The average molecular weight is 265 g/mol. The number of tetrazole rings is 1. The third-order valence-electron chi connectivity index (χ3n) is 3.33. The lowest BCUT2D eigenvalue weighted by Crippen LogP contribution is -2.25. The summed E-state index contributed by atoms with van der Waals surface area (Å²) in [5, 5.41) is 15.8. The highest BCUT2D eigenvalue weighted by Crippen LogP contribution is 2.50. The molecule has 0 bridgehead atoms. The van der Waals surface area contributed by atoms with E-state index in [2.05, 4.69) is 30.9 Å². The van der Waals surface area contributed by atoms with Crippen LogP contribution in [0.3, 0.4) is 0 Å². The molecule has 1 aromatic rings. The van der Waals surface area contributed by atoms with Crippen molar-refractivity contribution < 1.29 is 4.79 Å². The van der Waals surface area contributed by atoms with Crippen molar-refractivity contribution in [2.24, 2.45) is 16.1 Å². The summed E-state index contributed by atoms with van der Waals surface area (Å²) in [5.41, 5.74) is 5.23. The summed E-state index contributed by atoms with van der Waals surface area (Å²) >= 11 is 0. The Balaban J connectivity index is 1.73. The number of unbranched alkanes of at least 4 members (excludes halogenated alkanes) is 1. The van der Waals surface area contributed by atoms with E-state index in [1.807, 2.05) is 0 Å². The molecule has 1 fully saturated rings. The van der Waals surface area contributed by atoms with Crippen molar-refractivity contribution in [1.82, 2.24) is 20.6 Å². The third kappa shape index (κ3) is 3.73. The Morgan fingerprint density at radius 1 is 1.53 bits per heavy atom. The van der Waals surface area contributed by atoms with Crippen molar-refractivity contribution in [2.45, 2.75) is 39.0 Å². The SMILES string of the molecule is CC(N)=NCCCCC1(C(=O)Nc2nn[nH]n2)CC1. The van der Waals surface area contributed by atoms with Crippen LogP contribution in [0.2, 0.25) is 0 Å². The molecule has 0 unspecified atom stereocenters. The molecule has 104 valence electrons. The van der Waals surface area contributed by atoms with Gasteiger partial charge in [-0.05, 0) is 37.8 Å². The average Bonchev–Trinajstić information content (AvgIpc) is 2.98. The molecule has 0 aliphatic heterocycles. The first-order valence-electron chi connectivity index (χ1n) is 6.44. The number of aromatic amines is 1. The van der Waals surface area contributed by atoms with Gasteiger partial charge in [-0.25, -0.2) is 0 Å². The molecule has 8 heteroatoms. The number of aromatic nitrogens is 4. The Morgan fingerprint density at radius 2 is 2.32 bits per heavy atom. The van der Waals surface area contributed by atoms with Gasteiger partial charge in [0.15, 0.2) is 0 Å². The Morgan fingerprint density at radius 3 is 2.89 bits per heavy atom. The van der Waals surface area contributed by atoms with E-state index < -0.39 is 0 Å². The first kappa shape index (κ1) is 13.4. The minimum Gasteiger partial charge on any atom is -0.388 e. The number of anilines is 1. The number of H-pyrrole nitrogens is 1. The van der Waals surface area contributed by atoms with Crippen molar-refractivity contribution in [2.75, 3.05) is 11.9 Å². The van der Waals surface area contributed by atoms with Crippen LogP contribution in [-0.4, -0.2) is 38.9 Å². The predicted molar refractivity (Wildman–Crippen MR) is 70.5 cm³/mol. The van der Waals surface area contributed by atoms with Crippen LogP contribution in [0.25, 0.3) is 0 Å². The zero-order valence-electron chi connectivity index (χ0n) is 11.0. The van der Waals surface area contributed by atoms with E-state index in [1.54, 1.807) is 6.92 Å². The summed E-state index contributed by atoms with van der Waals surface area (Å²) in [7, 11) is 0. The van der Waals surface area contributed by atoms with Crippen molar-refractivity contribution in [1.29, 1.82) is 0 Å². The monoisotopic (exact) mass is 265 g/mol. The van der Waals surface area contributed by atoms with Gasteiger partial charge in [0.2, 0.25) is 5.91 Å². The molecule has 1 aromatic heterocycles. The normalized spacial score (nSPS) is 17.2. The van der Waals surface area contributed by atoms with Crippen molar-refractivity contribution in [3.63, 3.8) is 0 Å². The lowest BCUT2D eigenvalue weighted by molar-refractivity contribution is -0.121. The minimum atomic E-state index is -0.234. The highest BCUT2D eigenvalue weighted by atomic mass is 16.2. The zero-order chi connectivity index (χ0) is 13.7. The maximum atomic E-state index is 12.1. The molecular weight excluding hydrogens is 246 g/mol. The van der Waals surface area contributed by atoms with E-state index in [0.717, 1.165) is 38.6 Å². The second-order valence-corrected chi connectivity index (χ2v) is 4.95. The first-order chi connectivity index (χ1) is 9.12. The molecule has 0 spiro atoms. The molecule has 0 aromatic carbocycles. The Hall–Kier alpha value is -1.99. The molecule has 1 aliphatic carbocycles. The zero-order valence-corrected chi connectivity index (χ0v) is 11.0. The Labute approximate surface area is 111 Å². The number of carbonyl (C=O) groups is 1. The summed E-state index contributed by atoms with van der Waals surface area (Å²) in [6.45, 7) is 2.51. The van der Waals surface area contributed by atoms with Gasteiger partial charge in [0.05, 0.1) is 5.84 Å². The Bertz CT molecular complexity index is 446. The first-order valence-corrected chi connectivity index (χ1v) is 6.44. The number of rotatable bonds is 7. The fourth-order valence-corrected chi connectivity index (χ4v) is 2.02. The minimum absolute atomic E-state index is 0.00703. The summed E-state index contributed by atoms with van der Waals surface area (Å²) < 4.78 is 0. The molecule has 1 heterocycles. The second kappa shape index (κ2) is 5.77. The molecule has 2 rings (SSSR count). The summed E-state index contributed by atoms with van der Waals surface area (Å²) in [5.74, 6) is 0.836. The number of hydrogen-bond donors (Lipinski definition) is 3. The topological polar surface area (TPSA) is 122 Å². The van der Waals surface area contributed by atoms with Crippen LogP contribution >= 0.6 is 0 Å². The van der Waals surface area contributed by atoms with Crippen LogP contribution in [0.4, 0.5) is 5.95 Å². The van der Waals surface area contributed by atoms with Crippen LogP contribution in [0.15, 0.2) is 4.99 Å². The number of nitrogens with two attached hydrogens (primary N) is 1. The lowest BCUT2D eigenvalue weighted by atomic mass is 9.98. The maximum Gasteiger partial charge on any atom is 0.269 e. The third-order valence-corrected chi connectivity index (χ3v) is 3.33. The fourth-order valence-electron chi connectivity index (χ4n) is 2.02. The van der Waals surface area contributed by atoms with Gasteiger partial charge in [0.1, 0.15) is 0 Å². The van der Waals surface area contributed by atoms with Gasteiger partial charge < -0.3 is 5.73 Å². The number of nitrogens with one attached hydrogen (secondary N) is 2. The standard InChI is InChI=1S/C11H19N7O/c1-8(12)13-7-3-2-4-11(5-6-11)9(19)14-10-15-17-18-16-10/h2-7H2,1H3,(H2,12,13)(H2,14,15,16,17,18,19). The molecule has 8 nitrogen and oxygen atoms in total. The van der Waals surface area contributed by atoms with E-state index in [4.69, 9.17) is 5.73 Å². The van der Waals surface area contributed by atoms with Gasteiger partial charge in [0, 0.05) is 12.0 Å². The van der Waals surface area contributed by atoms with Gasteiger partial charge in [0.25, 0.3) is 5.95 Å². The predicted octanol–water partition coefficient (Wildman–Crippen LogP) is 0.466. The van der Waals surface area contributed by atoms with E-state index >= 15 is 0 Å². The molecule has 1 saturated carbocycles. The maximum absolute atomic E-state index is 12.1. The highest BCUT2D eigenvalue weighted by molar-refractivity contribution is 5.95. The van der Waals surface area contributed by atoms with E-state index in [-0.39, 0.29) is 17.3 Å². The van der Waals surface area contributed by atoms with Crippen LogP contribution in [-0.2, 0) is 4.79 Å². The van der Waals surface area contributed by atoms with Gasteiger partial charge in [-0.15, -0.1) is 5.10 Å². The second-order valence-electron chi connectivity index (χ2n) is 4.95. The van der Waals surface area contributed by atoms with Crippen molar-refractivity contribution in [3.8, 4) is 0 Å². The van der Waals surface area contributed by atoms with Crippen molar-refractivity contribution >= 4 is 17.7 Å². The Kier molecular flexibility index (Phi) is 4.08. The quantitative estimate of drug-likeness (QED) is 0.375. The number of nitrogens with zero attached hydrogens (tertiary/aromatic N) is 4. The van der Waals surface area contributed by atoms with Crippen LogP contribution in [0, 0.1) is 5.41 Å². The fraction of sp³-hybridized carbons (Fsp3) is 0.727. The number of aliphatic imine (C=N–C) groups is 1. The molecule has 0 radical (unpaired) electrons. The molecule has 4 N–H and O–H groups in total. The largest absolute Gasteiger partial charge is 0.388 e. The van der Waals surface area contributed by atoms with Gasteiger partial charge in [-0.1, -0.05) is 11.5 Å². The number of hydrogen-bond acceptors (Lipinski definition) is 5. The van der Waals surface area contributed by atoms with Gasteiger partial charge in [-0.3, -0.25) is 15.1 Å². The van der Waals surface area contributed by atoms with Gasteiger partial charge >= 0.3 is 0 Å². The number of carbonyl (C=O) groups excluding carboxylic acids is 1. The van der Waals surface area contributed by atoms with E-state index in [9.17, 15) is 4.79 Å². The van der Waals surface area contributed by atoms with Crippen LogP contribution in [0.1, 0.15) is 39.0 Å². The number of amidine groups is 1. The van der Waals surface area contributed by atoms with E-state index in [1.165, 1.54) is 0 Å². The summed E-state index contributed by atoms with van der Waals surface area (Å²) in [6, 6.07) is 0. The highest BCUT2D eigenvalue weighted by Gasteiger charge is 2.49. The number of amides is 1. The van der Waals surface area contributed by atoms with Crippen LogP contribution in [0.5, 0.6) is 0 Å². The molecule has 0 saturated heterocycles. The molecule has 1 aliphatic rings. The summed E-state index contributed by atoms with van der Waals surface area (Å²) in [4.78, 5) is 16.2. The van der Waals surface area contributed by atoms with Crippen molar-refractivity contribution in [3.05, 3.63) is 0 Å². The summed E-state index contributed by atoms with van der Waals surface area (Å²) in [6.07, 6.45) is 4.64. The molecule has 19 heavy (non-hydrogen) atoms. The smallest absolute Gasteiger partial charge is 0.269 e. The van der Waals surface area contributed by atoms with E-state index in [0.29, 0.717) is 5.84 Å².